The van der Waals surface area contributed by atoms with Gasteiger partial charge in [0.25, 0.3) is 0 Å². The van der Waals surface area contributed by atoms with Crippen molar-refractivity contribution in [1.82, 2.24) is 5.32 Å². The molecule has 0 spiro atoms. The van der Waals surface area contributed by atoms with Crippen molar-refractivity contribution in [1.29, 1.82) is 0 Å². The molecule has 0 radical (unpaired) electrons. The van der Waals surface area contributed by atoms with Gasteiger partial charge in [0, 0.05) is 10.5 Å². The van der Waals surface area contributed by atoms with Crippen LogP contribution in [0, 0.1) is 23.6 Å². The third-order valence-electron chi connectivity index (χ3n) is 5.42. The Morgan fingerprint density at radius 3 is 2.81 bits per heavy atom. The maximum atomic E-state index is 14.1. The third-order valence-corrected chi connectivity index (χ3v) is 5.91. The van der Waals surface area contributed by atoms with Crippen LogP contribution in [0.5, 0.6) is 0 Å². The summed E-state index contributed by atoms with van der Waals surface area (Å²) in [6.45, 7) is 3.24. The number of benzene rings is 1. The highest BCUT2D eigenvalue weighted by atomic mass is 79.9. The van der Waals surface area contributed by atoms with Gasteiger partial charge in [-0.05, 0) is 74.1 Å². The summed E-state index contributed by atoms with van der Waals surface area (Å²) in [4.78, 5) is 0. The van der Waals surface area contributed by atoms with E-state index in [4.69, 9.17) is 0 Å². The van der Waals surface area contributed by atoms with Crippen molar-refractivity contribution in [2.45, 2.75) is 51.5 Å². The summed E-state index contributed by atoms with van der Waals surface area (Å²) in [6, 6.07) is 5.92. The molecule has 0 heterocycles. The molecule has 1 N–H and O–H groups in total. The lowest BCUT2D eigenvalue weighted by molar-refractivity contribution is 0.245. The summed E-state index contributed by atoms with van der Waals surface area (Å²) in [5.74, 6) is 2.50. The lowest BCUT2D eigenvalue weighted by atomic mass is 9.81. The van der Waals surface area contributed by atoms with Crippen molar-refractivity contribution >= 4 is 15.9 Å². The molecule has 1 nitrogen and oxygen atoms in total. The molecule has 0 amide bonds. The summed E-state index contributed by atoms with van der Waals surface area (Å²) in [5, 5.41) is 3.71. The van der Waals surface area contributed by atoms with E-state index in [1.165, 1.54) is 25.7 Å². The van der Waals surface area contributed by atoms with E-state index in [0.717, 1.165) is 47.2 Å². The maximum Gasteiger partial charge on any atom is 0.127 e. The van der Waals surface area contributed by atoms with Crippen molar-refractivity contribution in [2.75, 3.05) is 6.54 Å². The number of hydrogen-bond donors (Lipinski definition) is 1. The largest absolute Gasteiger partial charge is 0.313 e. The Bertz CT molecular complexity index is 490. The van der Waals surface area contributed by atoms with Crippen LogP contribution in [0.2, 0.25) is 0 Å². The first-order chi connectivity index (χ1) is 10.2. The summed E-state index contributed by atoms with van der Waals surface area (Å²) in [5.41, 5.74) is 0.856. The Balaban J connectivity index is 1.73. The fourth-order valence-electron chi connectivity index (χ4n) is 4.42. The summed E-state index contributed by atoms with van der Waals surface area (Å²) in [6.07, 6.45) is 7.55. The van der Waals surface area contributed by atoms with Crippen LogP contribution in [0.3, 0.4) is 0 Å². The second-order valence-corrected chi connectivity index (χ2v) is 7.75. The molecule has 4 unspecified atom stereocenters. The molecular weight excluding hydrogens is 329 g/mol. The number of halogens is 2. The molecule has 2 aliphatic rings. The van der Waals surface area contributed by atoms with Crippen LogP contribution in [0.1, 0.15) is 44.6 Å². The van der Waals surface area contributed by atoms with Crippen LogP contribution in [0.15, 0.2) is 22.7 Å². The molecule has 3 heteroatoms. The van der Waals surface area contributed by atoms with Gasteiger partial charge < -0.3 is 5.32 Å². The van der Waals surface area contributed by atoms with Gasteiger partial charge >= 0.3 is 0 Å². The zero-order valence-corrected chi connectivity index (χ0v) is 14.3. The predicted molar refractivity (Wildman–Crippen MR) is 88.8 cm³/mol. The van der Waals surface area contributed by atoms with Gasteiger partial charge in [-0.2, -0.15) is 0 Å². The van der Waals surface area contributed by atoms with E-state index < -0.39 is 0 Å². The average molecular weight is 354 g/mol. The van der Waals surface area contributed by atoms with E-state index >= 15 is 0 Å². The Labute approximate surface area is 135 Å². The van der Waals surface area contributed by atoms with Crippen LogP contribution in [-0.4, -0.2) is 12.6 Å². The normalized spacial score (nSPS) is 29.0. The van der Waals surface area contributed by atoms with Gasteiger partial charge in [0.15, 0.2) is 0 Å². The third kappa shape index (κ3) is 3.50. The highest BCUT2D eigenvalue weighted by molar-refractivity contribution is 9.10. The van der Waals surface area contributed by atoms with Crippen LogP contribution in [0.25, 0.3) is 0 Å². The van der Waals surface area contributed by atoms with Gasteiger partial charge in [-0.3, -0.25) is 0 Å². The van der Waals surface area contributed by atoms with Crippen LogP contribution in [-0.2, 0) is 6.42 Å². The summed E-state index contributed by atoms with van der Waals surface area (Å²) >= 11 is 3.34. The lowest BCUT2D eigenvalue weighted by Gasteiger charge is -2.31. The quantitative estimate of drug-likeness (QED) is 0.763. The Morgan fingerprint density at radius 2 is 2.19 bits per heavy atom. The minimum atomic E-state index is -0.0733. The molecule has 4 atom stereocenters. The van der Waals surface area contributed by atoms with E-state index in [9.17, 15) is 4.39 Å². The highest BCUT2D eigenvalue weighted by Crippen LogP contribution is 2.50. The molecule has 3 rings (SSSR count). The molecule has 1 aromatic rings. The Morgan fingerprint density at radius 1 is 1.33 bits per heavy atom. The van der Waals surface area contributed by atoms with Gasteiger partial charge in [0.1, 0.15) is 5.82 Å². The van der Waals surface area contributed by atoms with Crippen molar-refractivity contribution < 1.29 is 4.39 Å². The molecule has 21 heavy (non-hydrogen) atoms. The molecule has 2 aliphatic carbocycles. The molecular formula is C18H25BrFN. The van der Waals surface area contributed by atoms with Crippen molar-refractivity contribution in [3.63, 3.8) is 0 Å². The minimum absolute atomic E-state index is 0.0733. The van der Waals surface area contributed by atoms with Gasteiger partial charge in [0.05, 0.1) is 0 Å². The molecule has 2 saturated carbocycles. The topological polar surface area (TPSA) is 12.0 Å². The van der Waals surface area contributed by atoms with Crippen molar-refractivity contribution in [3.8, 4) is 0 Å². The Kier molecular flexibility index (Phi) is 5.00. The van der Waals surface area contributed by atoms with E-state index in [2.05, 4.69) is 28.2 Å². The van der Waals surface area contributed by atoms with Crippen LogP contribution in [0.4, 0.5) is 4.39 Å². The fourth-order valence-corrected chi connectivity index (χ4v) is 4.75. The highest BCUT2D eigenvalue weighted by Gasteiger charge is 2.42. The van der Waals surface area contributed by atoms with Gasteiger partial charge in [-0.15, -0.1) is 0 Å². The molecule has 1 aromatic carbocycles. The summed E-state index contributed by atoms with van der Waals surface area (Å²) < 4.78 is 15.0. The first-order valence-electron chi connectivity index (χ1n) is 8.34. The molecule has 2 bridgehead atoms. The smallest absolute Gasteiger partial charge is 0.127 e. The van der Waals surface area contributed by atoms with Crippen molar-refractivity contribution in [3.05, 3.63) is 34.1 Å². The van der Waals surface area contributed by atoms with Gasteiger partial charge in [-0.25, -0.2) is 4.39 Å². The average Bonchev–Trinajstić information content (AvgIpc) is 3.08. The van der Waals surface area contributed by atoms with E-state index in [0.29, 0.717) is 6.04 Å². The monoisotopic (exact) mass is 353 g/mol. The lowest BCUT2D eigenvalue weighted by Crippen LogP contribution is -2.41. The minimum Gasteiger partial charge on any atom is -0.313 e. The SMILES string of the molecule is CCCNC(Cc1ccc(Br)cc1F)C1CC2CCC1C2. The molecule has 116 valence electrons. The molecule has 0 saturated heterocycles. The molecule has 2 fully saturated rings. The number of rotatable bonds is 6. The zero-order valence-electron chi connectivity index (χ0n) is 12.7. The van der Waals surface area contributed by atoms with Crippen LogP contribution < -0.4 is 5.32 Å². The first-order valence-corrected chi connectivity index (χ1v) is 9.14. The Hall–Kier alpha value is -0.410. The number of fused-ring (bicyclic) bond motifs is 2. The summed E-state index contributed by atoms with van der Waals surface area (Å²) in [7, 11) is 0. The van der Waals surface area contributed by atoms with E-state index in [-0.39, 0.29) is 5.82 Å². The zero-order chi connectivity index (χ0) is 14.8. The second-order valence-electron chi connectivity index (χ2n) is 6.84. The van der Waals surface area contributed by atoms with E-state index in [1.54, 1.807) is 6.07 Å². The number of nitrogens with one attached hydrogen (secondary N) is 1. The van der Waals surface area contributed by atoms with E-state index in [1.807, 2.05) is 12.1 Å². The van der Waals surface area contributed by atoms with Gasteiger partial charge in [-0.1, -0.05) is 35.3 Å². The first kappa shape index (κ1) is 15.5. The van der Waals surface area contributed by atoms with Crippen LogP contribution >= 0.6 is 15.9 Å². The maximum absolute atomic E-state index is 14.1. The second kappa shape index (κ2) is 6.78. The van der Waals surface area contributed by atoms with Gasteiger partial charge in [0.2, 0.25) is 0 Å². The fraction of sp³-hybridized carbons (Fsp3) is 0.667. The van der Waals surface area contributed by atoms with Crippen molar-refractivity contribution in [2.24, 2.45) is 17.8 Å². The number of hydrogen-bond acceptors (Lipinski definition) is 1. The molecule has 0 aromatic heterocycles. The predicted octanol–water partition coefficient (Wildman–Crippen LogP) is 4.94. The standard InChI is InChI=1S/C18H25BrFN/c1-2-7-21-18(16-9-12-3-4-13(16)8-12)10-14-5-6-15(19)11-17(14)20/h5-6,11-13,16,18,21H,2-4,7-10H2,1H3. The molecule has 0 aliphatic heterocycles.